The fourth-order valence-electron chi connectivity index (χ4n) is 2.66. The number of nitrogens with one attached hydrogen (secondary N) is 2. The summed E-state index contributed by atoms with van der Waals surface area (Å²) in [5.41, 5.74) is 0.230. The van der Waals surface area contributed by atoms with Gasteiger partial charge in [-0.1, -0.05) is 11.6 Å². The Kier molecular flexibility index (Phi) is 4.44. The van der Waals surface area contributed by atoms with Crippen LogP contribution >= 0.6 is 11.6 Å². The molecule has 0 radical (unpaired) electrons. The van der Waals surface area contributed by atoms with Crippen molar-refractivity contribution in [3.63, 3.8) is 0 Å². The smallest absolute Gasteiger partial charge is 0.290 e. The number of nitrogens with zero attached hydrogens (tertiary/aromatic N) is 4. The van der Waals surface area contributed by atoms with Gasteiger partial charge in [-0.2, -0.15) is 5.26 Å². The van der Waals surface area contributed by atoms with Gasteiger partial charge in [0.15, 0.2) is 5.82 Å². The fraction of sp³-hybridized carbons (Fsp3) is 0.333. The number of hydrogen-bond donors (Lipinski definition) is 2. The molecule has 2 aromatic heterocycles. The molecule has 3 rings (SSSR count). The first kappa shape index (κ1) is 15.3. The lowest BCUT2D eigenvalue weighted by atomic mass is 10.1. The van der Waals surface area contributed by atoms with Crippen molar-refractivity contribution in [1.82, 2.24) is 15.0 Å². The van der Waals surface area contributed by atoms with E-state index in [1.54, 1.807) is 12.3 Å². The van der Waals surface area contributed by atoms with Crippen LogP contribution in [0.5, 0.6) is 0 Å². The van der Waals surface area contributed by atoms with Gasteiger partial charge < -0.3 is 15.2 Å². The highest BCUT2D eigenvalue weighted by atomic mass is 35.5. The van der Waals surface area contributed by atoms with Crippen LogP contribution in [0.1, 0.15) is 18.4 Å². The second kappa shape index (κ2) is 6.67. The first-order chi connectivity index (χ1) is 11.2. The number of H-pyrrole nitrogens is 1. The monoisotopic (exact) mass is 330 g/mol. The lowest BCUT2D eigenvalue weighted by Crippen LogP contribution is -2.44. The second-order valence-corrected chi connectivity index (χ2v) is 5.74. The number of pyridine rings is 1. The summed E-state index contributed by atoms with van der Waals surface area (Å²) in [4.78, 5) is 24.8. The van der Waals surface area contributed by atoms with Gasteiger partial charge in [0, 0.05) is 37.7 Å². The van der Waals surface area contributed by atoms with Crippen LogP contribution in [-0.4, -0.2) is 34.1 Å². The van der Waals surface area contributed by atoms with E-state index in [1.807, 2.05) is 11.0 Å². The number of aromatic nitrogens is 3. The Morgan fingerprint density at radius 3 is 3.09 bits per heavy atom. The van der Waals surface area contributed by atoms with Gasteiger partial charge in [-0.05, 0) is 18.9 Å². The van der Waals surface area contributed by atoms with E-state index in [4.69, 9.17) is 16.9 Å². The first-order valence-electron chi connectivity index (χ1n) is 7.28. The van der Waals surface area contributed by atoms with E-state index in [9.17, 15) is 4.79 Å². The SMILES string of the molecule is N#Cc1cnc(NC2CCCN(c3ncc[nH]c3=O)C2)c(Cl)c1. The molecule has 0 aromatic carbocycles. The topological polar surface area (TPSA) is 97.7 Å². The zero-order valence-electron chi connectivity index (χ0n) is 12.3. The largest absolute Gasteiger partial charge is 0.364 e. The van der Waals surface area contributed by atoms with Gasteiger partial charge in [-0.15, -0.1) is 0 Å². The predicted molar refractivity (Wildman–Crippen MR) is 87.7 cm³/mol. The molecule has 0 spiro atoms. The van der Waals surface area contributed by atoms with E-state index >= 15 is 0 Å². The Morgan fingerprint density at radius 2 is 2.35 bits per heavy atom. The average Bonchev–Trinajstić information content (AvgIpc) is 2.57. The van der Waals surface area contributed by atoms with Gasteiger partial charge >= 0.3 is 0 Å². The first-order valence-corrected chi connectivity index (χ1v) is 7.66. The summed E-state index contributed by atoms with van der Waals surface area (Å²) in [6, 6.07) is 3.69. The summed E-state index contributed by atoms with van der Waals surface area (Å²) in [6.45, 7) is 1.42. The average molecular weight is 331 g/mol. The molecule has 0 aliphatic carbocycles. The van der Waals surface area contributed by atoms with Crippen LogP contribution in [0, 0.1) is 11.3 Å². The van der Waals surface area contributed by atoms with Crippen molar-refractivity contribution < 1.29 is 0 Å². The third-order valence-corrected chi connectivity index (χ3v) is 4.01. The number of rotatable bonds is 3. The van der Waals surface area contributed by atoms with Crippen molar-refractivity contribution in [3.8, 4) is 6.07 Å². The van der Waals surface area contributed by atoms with Crippen LogP contribution in [0.4, 0.5) is 11.6 Å². The summed E-state index contributed by atoms with van der Waals surface area (Å²) in [5, 5.41) is 12.5. The minimum absolute atomic E-state index is 0.100. The van der Waals surface area contributed by atoms with Crippen LogP contribution in [0.3, 0.4) is 0 Å². The van der Waals surface area contributed by atoms with Gasteiger partial charge in [-0.3, -0.25) is 4.79 Å². The Balaban J connectivity index is 1.73. The molecule has 0 amide bonds. The van der Waals surface area contributed by atoms with Crippen molar-refractivity contribution in [2.45, 2.75) is 18.9 Å². The molecule has 23 heavy (non-hydrogen) atoms. The third kappa shape index (κ3) is 3.43. The van der Waals surface area contributed by atoms with Gasteiger partial charge in [0.05, 0.1) is 10.6 Å². The molecule has 1 saturated heterocycles. The summed E-state index contributed by atoms with van der Waals surface area (Å²) in [7, 11) is 0. The molecule has 1 unspecified atom stereocenters. The highest BCUT2D eigenvalue weighted by Gasteiger charge is 2.23. The Morgan fingerprint density at radius 1 is 1.48 bits per heavy atom. The third-order valence-electron chi connectivity index (χ3n) is 3.72. The number of nitriles is 1. The van der Waals surface area contributed by atoms with Crippen LogP contribution < -0.4 is 15.8 Å². The normalized spacial score (nSPS) is 17.6. The number of anilines is 2. The summed E-state index contributed by atoms with van der Waals surface area (Å²) in [6.07, 6.45) is 6.46. The van der Waals surface area contributed by atoms with Crippen LogP contribution in [0.25, 0.3) is 0 Å². The molecule has 1 fully saturated rings. The minimum Gasteiger partial charge on any atom is -0.364 e. The molecule has 2 N–H and O–H groups in total. The van der Waals surface area contributed by atoms with Gasteiger partial charge in [0.2, 0.25) is 0 Å². The Labute approximate surface area is 137 Å². The number of halogens is 1. The van der Waals surface area contributed by atoms with E-state index in [1.165, 1.54) is 12.4 Å². The molecule has 0 bridgehead atoms. The van der Waals surface area contributed by atoms with Crippen molar-refractivity contribution in [2.75, 3.05) is 23.3 Å². The van der Waals surface area contributed by atoms with Crippen LogP contribution in [0.2, 0.25) is 5.02 Å². The Bertz CT molecular complexity index is 799. The number of piperidine rings is 1. The quantitative estimate of drug-likeness (QED) is 0.890. The van der Waals surface area contributed by atoms with Crippen molar-refractivity contribution in [3.05, 3.63) is 45.6 Å². The molecule has 7 nitrogen and oxygen atoms in total. The lowest BCUT2D eigenvalue weighted by Gasteiger charge is -2.33. The zero-order chi connectivity index (χ0) is 16.2. The molecular weight excluding hydrogens is 316 g/mol. The zero-order valence-corrected chi connectivity index (χ0v) is 13.0. The maximum absolute atomic E-state index is 11.9. The van der Waals surface area contributed by atoms with Crippen LogP contribution in [-0.2, 0) is 0 Å². The molecule has 1 aliphatic heterocycles. The van der Waals surface area contributed by atoms with E-state index < -0.39 is 0 Å². The van der Waals surface area contributed by atoms with Gasteiger partial charge in [0.1, 0.15) is 11.9 Å². The summed E-state index contributed by atoms with van der Waals surface area (Å²) >= 11 is 6.15. The van der Waals surface area contributed by atoms with E-state index in [0.29, 0.717) is 28.8 Å². The highest BCUT2D eigenvalue weighted by molar-refractivity contribution is 6.33. The van der Waals surface area contributed by atoms with E-state index in [0.717, 1.165) is 19.4 Å². The lowest BCUT2D eigenvalue weighted by molar-refractivity contribution is 0.524. The van der Waals surface area contributed by atoms with Crippen molar-refractivity contribution in [2.24, 2.45) is 0 Å². The van der Waals surface area contributed by atoms with Crippen LogP contribution in [0.15, 0.2) is 29.5 Å². The molecule has 3 heterocycles. The molecular formula is C15H15ClN6O. The van der Waals surface area contributed by atoms with Gasteiger partial charge in [0.25, 0.3) is 5.56 Å². The summed E-state index contributed by atoms with van der Waals surface area (Å²) < 4.78 is 0. The maximum Gasteiger partial charge on any atom is 0.290 e. The molecule has 1 aliphatic rings. The maximum atomic E-state index is 11.9. The van der Waals surface area contributed by atoms with Crippen molar-refractivity contribution in [1.29, 1.82) is 5.26 Å². The molecule has 1 atom stereocenters. The number of aromatic amines is 1. The molecule has 8 heteroatoms. The standard InChI is InChI=1S/C15H15ClN6O/c16-12-6-10(7-17)8-20-13(12)21-11-2-1-5-22(9-11)14-15(23)19-4-3-18-14/h3-4,6,8,11H,1-2,5,9H2,(H,19,23)(H,20,21). The molecule has 2 aromatic rings. The minimum atomic E-state index is -0.192. The van der Waals surface area contributed by atoms with E-state index in [-0.39, 0.29) is 11.6 Å². The van der Waals surface area contributed by atoms with Gasteiger partial charge in [-0.25, -0.2) is 9.97 Å². The second-order valence-electron chi connectivity index (χ2n) is 5.34. The van der Waals surface area contributed by atoms with E-state index in [2.05, 4.69) is 20.3 Å². The molecule has 0 saturated carbocycles. The fourth-order valence-corrected chi connectivity index (χ4v) is 2.88. The summed E-state index contributed by atoms with van der Waals surface area (Å²) in [5.74, 6) is 0.977. The molecule has 118 valence electrons. The van der Waals surface area contributed by atoms with Crippen molar-refractivity contribution >= 4 is 23.2 Å². The predicted octanol–water partition coefficient (Wildman–Crippen LogP) is 1.77. The Hall–Kier alpha value is -2.59. The highest BCUT2D eigenvalue weighted by Crippen LogP contribution is 2.23. The number of hydrogen-bond acceptors (Lipinski definition) is 6.